The van der Waals surface area contributed by atoms with Crippen molar-refractivity contribution in [2.45, 2.75) is 37.8 Å². The molecule has 138 valence electrons. The molecule has 2 aromatic rings. The number of hydrogen-bond donors (Lipinski definition) is 0. The summed E-state index contributed by atoms with van der Waals surface area (Å²) in [6.07, 6.45) is 7.49. The van der Waals surface area contributed by atoms with E-state index in [-0.39, 0.29) is 5.91 Å². The first-order valence-electron chi connectivity index (χ1n) is 9.09. The summed E-state index contributed by atoms with van der Waals surface area (Å²) >= 11 is 0. The van der Waals surface area contributed by atoms with Crippen LogP contribution >= 0.6 is 0 Å². The first-order valence-corrected chi connectivity index (χ1v) is 9.09. The van der Waals surface area contributed by atoms with Gasteiger partial charge in [-0.05, 0) is 31.7 Å². The van der Waals surface area contributed by atoms with E-state index < -0.39 is 0 Å². The van der Waals surface area contributed by atoms with E-state index in [2.05, 4.69) is 20.0 Å². The van der Waals surface area contributed by atoms with Crippen LogP contribution in [0.15, 0.2) is 24.7 Å². The number of methoxy groups -OCH3 is 1. The molecule has 0 radical (unpaired) electrons. The number of hydrogen-bond acceptors (Lipinski definition) is 6. The van der Waals surface area contributed by atoms with E-state index in [0.717, 1.165) is 31.7 Å². The Labute approximate surface area is 152 Å². The van der Waals surface area contributed by atoms with Crippen LogP contribution in [0.1, 0.15) is 36.2 Å². The van der Waals surface area contributed by atoms with Gasteiger partial charge in [0.1, 0.15) is 17.8 Å². The van der Waals surface area contributed by atoms with Gasteiger partial charge < -0.3 is 14.5 Å². The molecule has 0 atom stereocenters. The number of carbonyl (C=O) groups excluding carboxylic acids is 1. The standard InChI is InChI=1S/C18H24N6O2/c1-22-15(5-8-21-22)18(25)23-9-6-14(7-10-23)24(13-3-4-13)16-11-17(26-2)20-12-19-16/h5,8,11-14H,3-4,6-7,9-10H2,1-2H3. The molecule has 1 aliphatic carbocycles. The van der Waals surface area contributed by atoms with E-state index in [1.54, 1.807) is 37.4 Å². The number of anilines is 1. The number of ether oxygens (including phenoxy) is 1. The maximum absolute atomic E-state index is 12.7. The Morgan fingerprint density at radius 3 is 2.54 bits per heavy atom. The van der Waals surface area contributed by atoms with Crippen LogP contribution in [0.5, 0.6) is 5.88 Å². The van der Waals surface area contributed by atoms with E-state index in [1.807, 2.05) is 11.0 Å². The minimum absolute atomic E-state index is 0.0603. The monoisotopic (exact) mass is 356 g/mol. The molecular weight excluding hydrogens is 332 g/mol. The highest BCUT2D eigenvalue weighted by Crippen LogP contribution is 2.36. The summed E-state index contributed by atoms with van der Waals surface area (Å²) in [6, 6.07) is 4.61. The molecule has 8 nitrogen and oxygen atoms in total. The zero-order valence-electron chi connectivity index (χ0n) is 15.2. The van der Waals surface area contributed by atoms with E-state index >= 15 is 0 Å². The van der Waals surface area contributed by atoms with Crippen LogP contribution in [0.2, 0.25) is 0 Å². The Bertz CT molecular complexity index is 779. The van der Waals surface area contributed by atoms with E-state index in [4.69, 9.17) is 4.74 Å². The molecule has 2 aliphatic rings. The van der Waals surface area contributed by atoms with Crippen LogP contribution in [-0.2, 0) is 7.05 Å². The van der Waals surface area contributed by atoms with Crippen molar-refractivity contribution in [1.29, 1.82) is 0 Å². The van der Waals surface area contributed by atoms with Crippen molar-refractivity contribution in [2.75, 3.05) is 25.1 Å². The minimum Gasteiger partial charge on any atom is -0.481 e. The largest absolute Gasteiger partial charge is 0.481 e. The number of likely N-dealkylation sites (tertiary alicyclic amines) is 1. The molecule has 0 spiro atoms. The molecule has 2 fully saturated rings. The minimum atomic E-state index is 0.0603. The van der Waals surface area contributed by atoms with Crippen LogP contribution in [0.4, 0.5) is 5.82 Å². The molecule has 4 rings (SSSR count). The smallest absolute Gasteiger partial charge is 0.272 e. The predicted molar refractivity (Wildman–Crippen MR) is 96.2 cm³/mol. The van der Waals surface area contributed by atoms with Crippen molar-refractivity contribution in [2.24, 2.45) is 7.05 Å². The summed E-state index contributed by atoms with van der Waals surface area (Å²) in [5.41, 5.74) is 0.642. The fourth-order valence-electron chi connectivity index (χ4n) is 3.70. The van der Waals surface area contributed by atoms with Gasteiger partial charge in [-0.15, -0.1) is 0 Å². The molecule has 26 heavy (non-hydrogen) atoms. The van der Waals surface area contributed by atoms with Crippen molar-refractivity contribution in [3.8, 4) is 5.88 Å². The average Bonchev–Trinajstić information content (AvgIpc) is 3.41. The fourth-order valence-corrected chi connectivity index (χ4v) is 3.70. The molecule has 0 N–H and O–H groups in total. The molecule has 1 amide bonds. The molecule has 0 unspecified atom stereocenters. The second-order valence-corrected chi connectivity index (χ2v) is 6.92. The summed E-state index contributed by atoms with van der Waals surface area (Å²) in [7, 11) is 3.42. The molecule has 1 aliphatic heterocycles. The van der Waals surface area contributed by atoms with E-state index in [1.165, 1.54) is 12.8 Å². The third-order valence-corrected chi connectivity index (χ3v) is 5.23. The third-order valence-electron chi connectivity index (χ3n) is 5.23. The molecule has 3 heterocycles. The van der Waals surface area contributed by atoms with Gasteiger partial charge in [-0.25, -0.2) is 9.97 Å². The number of nitrogens with zero attached hydrogens (tertiary/aromatic N) is 6. The normalized spacial score (nSPS) is 18.0. The number of rotatable bonds is 5. The molecule has 0 aromatic carbocycles. The summed E-state index contributed by atoms with van der Waals surface area (Å²) in [6.45, 7) is 1.50. The number of piperidine rings is 1. The average molecular weight is 356 g/mol. The second kappa shape index (κ2) is 6.93. The molecule has 2 aromatic heterocycles. The second-order valence-electron chi connectivity index (χ2n) is 6.92. The maximum atomic E-state index is 12.7. The van der Waals surface area contributed by atoms with E-state index in [9.17, 15) is 4.79 Å². The van der Waals surface area contributed by atoms with Crippen molar-refractivity contribution in [3.63, 3.8) is 0 Å². The maximum Gasteiger partial charge on any atom is 0.272 e. The van der Waals surface area contributed by atoms with Crippen molar-refractivity contribution in [3.05, 3.63) is 30.4 Å². The highest BCUT2D eigenvalue weighted by Gasteiger charge is 2.37. The number of amides is 1. The van der Waals surface area contributed by atoms with Gasteiger partial charge in [0.05, 0.1) is 7.11 Å². The zero-order valence-corrected chi connectivity index (χ0v) is 15.2. The highest BCUT2D eigenvalue weighted by molar-refractivity contribution is 5.92. The van der Waals surface area contributed by atoms with Gasteiger partial charge in [0, 0.05) is 44.5 Å². The predicted octanol–water partition coefficient (Wildman–Crippen LogP) is 1.49. The lowest BCUT2D eigenvalue weighted by Gasteiger charge is -2.39. The molecule has 1 saturated carbocycles. The molecule has 1 saturated heterocycles. The molecule has 8 heteroatoms. The van der Waals surface area contributed by atoms with Gasteiger partial charge in [-0.1, -0.05) is 0 Å². The van der Waals surface area contributed by atoms with Gasteiger partial charge in [0.25, 0.3) is 5.91 Å². The van der Waals surface area contributed by atoms with Crippen LogP contribution < -0.4 is 9.64 Å². The Hall–Kier alpha value is -2.64. The lowest BCUT2D eigenvalue weighted by Crippen LogP contribution is -2.48. The Morgan fingerprint density at radius 1 is 1.19 bits per heavy atom. The van der Waals surface area contributed by atoms with Crippen molar-refractivity contribution >= 4 is 11.7 Å². The third kappa shape index (κ3) is 3.23. The first kappa shape index (κ1) is 16.8. The van der Waals surface area contributed by atoms with Gasteiger partial charge in [0.15, 0.2) is 0 Å². The van der Waals surface area contributed by atoms with E-state index in [0.29, 0.717) is 23.7 Å². The zero-order chi connectivity index (χ0) is 18.1. The van der Waals surface area contributed by atoms with Gasteiger partial charge in [-0.3, -0.25) is 9.48 Å². The summed E-state index contributed by atoms with van der Waals surface area (Å²) < 4.78 is 6.89. The first-order chi connectivity index (χ1) is 12.7. The topological polar surface area (TPSA) is 76.4 Å². The quantitative estimate of drug-likeness (QED) is 0.808. The Balaban J connectivity index is 1.45. The van der Waals surface area contributed by atoms with Crippen LogP contribution in [0, 0.1) is 0 Å². The van der Waals surface area contributed by atoms with Crippen LogP contribution in [-0.4, -0.2) is 62.8 Å². The number of aromatic nitrogens is 4. The number of aryl methyl sites for hydroxylation is 1. The van der Waals surface area contributed by atoms with Gasteiger partial charge in [0.2, 0.25) is 5.88 Å². The van der Waals surface area contributed by atoms with Crippen LogP contribution in [0.25, 0.3) is 0 Å². The highest BCUT2D eigenvalue weighted by atomic mass is 16.5. The lowest BCUT2D eigenvalue weighted by atomic mass is 10.0. The Kier molecular flexibility index (Phi) is 4.48. The van der Waals surface area contributed by atoms with Crippen molar-refractivity contribution < 1.29 is 9.53 Å². The number of carbonyl (C=O) groups is 1. The Morgan fingerprint density at radius 2 is 1.92 bits per heavy atom. The lowest BCUT2D eigenvalue weighted by molar-refractivity contribution is 0.0700. The summed E-state index contributed by atoms with van der Waals surface area (Å²) in [5, 5.41) is 4.10. The van der Waals surface area contributed by atoms with Gasteiger partial charge in [-0.2, -0.15) is 5.10 Å². The fraction of sp³-hybridized carbons (Fsp3) is 0.556. The summed E-state index contributed by atoms with van der Waals surface area (Å²) in [4.78, 5) is 25.6. The summed E-state index contributed by atoms with van der Waals surface area (Å²) in [5.74, 6) is 1.57. The SMILES string of the molecule is COc1cc(N(C2CC2)C2CCN(C(=O)c3ccnn3C)CC2)ncn1. The molecular formula is C18H24N6O2. The van der Waals surface area contributed by atoms with Gasteiger partial charge >= 0.3 is 0 Å². The van der Waals surface area contributed by atoms with Crippen LogP contribution in [0.3, 0.4) is 0 Å². The molecule has 0 bridgehead atoms. The van der Waals surface area contributed by atoms with Crippen molar-refractivity contribution in [1.82, 2.24) is 24.6 Å².